The summed E-state index contributed by atoms with van der Waals surface area (Å²) >= 11 is 0. The van der Waals surface area contributed by atoms with Crippen LogP contribution in [0.2, 0.25) is 0 Å². The molecule has 2 amide bonds. The molecule has 3 atom stereocenters. The van der Waals surface area contributed by atoms with Crippen molar-refractivity contribution in [1.29, 1.82) is 0 Å². The minimum absolute atomic E-state index is 0.0422. The third-order valence-electron chi connectivity index (χ3n) is 7.94. The average Bonchev–Trinajstić information content (AvgIpc) is 3.37. The van der Waals surface area contributed by atoms with E-state index >= 15 is 0 Å². The molecule has 1 unspecified atom stereocenters. The van der Waals surface area contributed by atoms with E-state index in [1.54, 1.807) is 0 Å². The topological polar surface area (TPSA) is 105 Å². The average molecular weight is 477 g/mol. The SMILES string of the molecule is O=C(O)C[C@@H]1CCC[C@H]1NC(=O)C(NC(=O)OCC1c2ccccc2-c2ccccc21)C1CCC1. The van der Waals surface area contributed by atoms with Crippen molar-refractivity contribution < 1.29 is 24.2 Å². The Morgan fingerprint density at radius 1 is 0.914 bits per heavy atom. The smallest absolute Gasteiger partial charge is 0.407 e. The molecule has 184 valence electrons. The second kappa shape index (κ2) is 10.1. The van der Waals surface area contributed by atoms with Crippen LogP contribution in [0.3, 0.4) is 0 Å². The summed E-state index contributed by atoms with van der Waals surface area (Å²) in [4.78, 5) is 37.2. The third-order valence-corrected chi connectivity index (χ3v) is 7.94. The second-order valence-corrected chi connectivity index (χ2v) is 10.0. The Kier molecular flexibility index (Phi) is 6.75. The lowest BCUT2D eigenvalue weighted by molar-refractivity contribution is -0.138. The van der Waals surface area contributed by atoms with E-state index in [0.717, 1.165) is 60.8 Å². The molecule has 5 rings (SSSR count). The predicted octanol–water partition coefficient (Wildman–Crippen LogP) is 4.45. The van der Waals surface area contributed by atoms with Crippen LogP contribution in [0, 0.1) is 11.8 Å². The number of carboxylic acids is 1. The summed E-state index contributed by atoms with van der Waals surface area (Å²) in [6.45, 7) is 0.197. The monoisotopic (exact) mass is 476 g/mol. The molecule has 0 radical (unpaired) electrons. The summed E-state index contributed by atoms with van der Waals surface area (Å²) in [5, 5.41) is 15.0. The largest absolute Gasteiger partial charge is 0.481 e. The Balaban J connectivity index is 1.22. The van der Waals surface area contributed by atoms with Gasteiger partial charge in [-0.1, -0.05) is 61.4 Å². The first kappa shape index (κ1) is 23.4. The molecule has 35 heavy (non-hydrogen) atoms. The fourth-order valence-electron chi connectivity index (χ4n) is 5.91. The zero-order chi connectivity index (χ0) is 24.4. The van der Waals surface area contributed by atoms with Crippen LogP contribution in [0.25, 0.3) is 11.1 Å². The van der Waals surface area contributed by atoms with Crippen molar-refractivity contribution in [2.75, 3.05) is 6.61 Å². The minimum Gasteiger partial charge on any atom is -0.481 e. The van der Waals surface area contributed by atoms with Crippen molar-refractivity contribution in [2.24, 2.45) is 11.8 Å². The van der Waals surface area contributed by atoms with Crippen molar-refractivity contribution in [3.63, 3.8) is 0 Å². The number of carboxylic acid groups (broad SMARTS) is 1. The molecule has 2 aromatic rings. The van der Waals surface area contributed by atoms with Gasteiger partial charge in [0.25, 0.3) is 0 Å². The van der Waals surface area contributed by atoms with Crippen LogP contribution in [0.4, 0.5) is 4.79 Å². The van der Waals surface area contributed by atoms with E-state index in [0.29, 0.717) is 0 Å². The number of carbonyl (C=O) groups is 3. The quantitative estimate of drug-likeness (QED) is 0.522. The number of rotatable bonds is 8. The van der Waals surface area contributed by atoms with Crippen molar-refractivity contribution in [2.45, 2.75) is 62.9 Å². The molecule has 3 aliphatic rings. The fraction of sp³-hybridized carbons (Fsp3) is 0.464. The number of hydrogen-bond acceptors (Lipinski definition) is 4. The Morgan fingerprint density at radius 3 is 2.14 bits per heavy atom. The zero-order valence-corrected chi connectivity index (χ0v) is 19.7. The van der Waals surface area contributed by atoms with E-state index in [1.165, 1.54) is 0 Å². The van der Waals surface area contributed by atoms with Crippen LogP contribution in [0.15, 0.2) is 48.5 Å². The molecule has 2 aromatic carbocycles. The summed E-state index contributed by atoms with van der Waals surface area (Å²) in [6.07, 6.45) is 4.72. The van der Waals surface area contributed by atoms with Gasteiger partial charge in [0.05, 0.1) is 6.42 Å². The van der Waals surface area contributed by atoms with Crippen molar-refractivity contribution in [3.05, 3.63) is 59.7 Å². The number of nitrogens with one attached hydrogen (secondary N) is 2. The van der Waals surface area contributed by atoms with E-state index in [1.807, 2.05) is 24.3 Å². The summed E-state index contributed by atoms with van der Waals surface area (Å²) in [6, 6.07) is 15.5. The molecule has 2 fully saturated rings. The number of ether oxygens (including phenoxy) is 1. The van der Waals surface area contributed by atoms with Gasteiger partial charge in [-0.3, -0.25) is 9.59 Å². The Labute approximate surface area is 205 Å². The molecular formula is C28H32N2O5. The van der Waals surface area contributed by atoms with Gasteiger partial charge in [-0.05, 0) is 59.8 Å². The fourth-order valence-corrected chi connectivity index (χ4v) is 5.91. The minimum atomic E-state index is -0.844. The zero-order valence-electron chi connectivity index (χ0n) is 19.7. The number of fused-ring (bicyclic) bond motifs is 3. The summed E-state index contributed by atoms with van der Waals surface area (Å²) < 4.78 is 5.68. The number of aliphatic carboxylic acids is 1. The van der Waals surface area contributed by atoms with E-state index in [2.05, 4.69) is 34.9 Å². The van der Waals surface area contributed by atoms with E-state index in [4.69, 9.17) is 4.74 Å². The lowest BCUT2D eigenvalue weighted by Crippen LogP contribution is -2.55. The first-order valence-corrected chi connectivity index (χ1v) is 12.6. The molecular weight excluding hydrogens is 444 g/mol. The number of benzene rings is 2. The van der Waals surface area contributed by atoms with Crippen molar-refractivity contribution in [1.82, 2.24) is 10.6 Å². The normalized spacial score (nSPS) is 21.9. The van der Waals surface area contributed by atoms with Gasteiger partial charge in [-0.15, -0.1) is 0 Å². The van der Waals surface area contributed by atoms with Gasteiger partial charge >= 0.3 is 12.1 Å². The molecule has 0 bridgehead atoms. The highest BCUT2D eigenvalue weighted by Crippen LogP contribution is 2.44. The lowest BCUT2D eigenvalue weighted by Gasteiger charge is -2.34. The van der Waals surface area contributed by atoms with Gasteiger partial charge in [-0.2, -0.15) is 0 Å². The molecule has 2 saturated carbocycles. The van der Waals surface area contributed by atoms with Crippen LogP contribution in [-0.2, 0) is 14.3 Å². The molecule has 3 N–H and O–H groups in total. The van der Waals surface area contributed by atoms with Crippen molar-refractivity contribution >= 4 is 18.0 Å². The first-order valence-electron chi connectivity index (χ1n) is 12.6. The molecule has 7 nitrogen and oxygen atoms in total. The Bertz CT molecular complexity index is 1070. The molecule has 0 saturated heterocycles. The van der Waals surface area contributed by atoms with E-state index < -0.39 is 18.1 Å². The number of alkyl carbamates (subject to hydrolysis) is 1. The highest BCUT2D eigenvalue weighted by Gasteiger charge is 2.38. The third kappa shape index (κ3) is 4.90. The molecule has 3 aliphatic carbocycles. The van der Waals surface area contributed by atoms with E-state index in [-0.39, 0.29) is 42.7 Å². The highest BCUT2D eigenvalue weighted by molar-refractivity contribution is 5.86. The van der Waals surface area contributed by atoms with Gasteiger partial charge in [0.15, 0.2) is 0 Å². The van der Waals surface area contributed by atoms with Crippen LogP contribution in [0.1, 0.15) is 62.0 Å². The maximum absolute atomic E-state index is 13.2. The van der Waals surface area contributed by atoms with Crippen molar-refractivity contribution in [3.8, 4) is 11.1 Å². The summed E-state index contributed by atoms with van der Waals surface area (Å²) in [5.41, 5.74) is 4.61. The standard InChI is InChI=1S/C28H32N2O5/c31-25(32)15-18-9-6-14-24(18)29-27(33)26(17-7-5-8-17)30-28(34)35-16-23-21-12-3-1-10-19(21)20-11-2-4-13-22(20)23/h1-4,10-13,17-18,23-24,26H,5-9,14-16H2,(H,29,33)(H,30,34)(H,31,32)/t18-,24+,26?/m0/s1. The van der Waals surface area contributed by atoms with Crippen LogP contribution < -0.4 is 10.6 Å². The van der Waals surface area contributed by atoms with Gasteiger partial charge in [-0.25, -0.2) is 4.79 Å². The maximum atomic E-state index is 13.2. The Hall–Kier alpha value is -3.35. The van der Waals surface area contributed by atoms with Gasteiger partial charge < -0.3 is 20.5 Å². The highest BCUT2D eigenvalue weighted by atomic mass is 16.5. The van der Waals surface area contributed by atoms with E-state index in [9.17, 15) is 19.5 Å². The van der Waals surface area contributed by atoms with Crippen LogP contribution in [0.5, 0.6) is 0 Å². The van der Waals surface area contributed by atoms with Crippen LogP contribution in [-0.4, -0.2) is 41.8 Å². The van der Waals surface area contributed by atoms with Gasteiger partial charge in [0.1, 0.15) is 12.6 Å². The second-order valence-electron chi connectivity index (χ2n) is 10.0. The number of amides is 2. The Morgan fingerprint density at radius 2 is 1.54 bits per heavy atom. The van der Waals surface area contributed by atoms with Gasteiger partial charge in [0.2, 0.25) is 5.91 Å². The lowest BCUT2D eigenvalue weighted by atomic mass is 9.79. The maximum Gasteiger partial charge on any atom is 0.407 e. The molecule has 0 aliphatic heterocycles. The first-order chi connectivity index (χ1) is 17.0. The molecule has 0 spiro atoms. The number of carbonyl (C=O) groups excluding carboxylic acids is 2. The number of hydrogen-bond donors (Lipinski definition) is 3. The molecule has 0 aromatic heterocycles. The summed E-state index contributed by atoms with van der Waals surface area (Å²) in [5.74, 6) is -1.10. The molecule has 7 heteroatoms. The molecule has 0 heterocycles. The van der Waals surface area contributed by atoms with Gasteiger partial charge in [0, 0.05) is 12.0 Å². The van der Waals surface area contributed by atoms with Crippen LogP contribution >= 0.6 is 0 Å². The predicted molar refractivity (Wildman–Crippen MR) is 131 cm³/mol. The summed E-state index contributed by atoms with van der Waals surface area (Å²) in [7, 11) is 0.